The number of hydrogen-bond donors (Lipinski definition) is 1. The van der Waals surface area contributed by atoms with E-state index in [1.54, 1.807) is 0 Å². The molecule has 0 radical (unpaired) electrons. The van der Waals surface area contributed by atoms with Gasteiger partial charge in [0.25, 0.3) is 0 Å². The Morgan fingerprint density at radius 1 is 1.30 bits per heavy atom. The van der Waals surface area contributed by atoms with Crippen LogP contribution >= 0.6 is 0 Å². The molecule has 2 saturated heterocycles. The Hall–Kier alpha value is -1.35. The molecule has 2 fully saturated rings. The van der Waals surface area contributed by atoms with Gasteiger partial charge in [0, 0.05) is 25.6 Å². The number of hydrogen-bond acceptors (Lipinski definition) is 2. The van der Waals surface area contributed by atoms with Crippen molar-refractivity contribution in [1.82, 2.24) is 10.2 Å². The maximum absolute atomic E-state index is 12.3. The molecule has 20 heavy (non-hydrogen) atoms. The van der Waals surface area contributed by atoms with Crippen molar-refractivity contribution in [2.45, 2.75) is 38.6 Å². The summed E-state index contributed by atoms with van der Waals surface area (Å²) in [6.07, 6.45) is 4.03. The molecule has 3 nitrogen and oxygen atoms in total. The lowest BCUT2D eigenvalue weighted by Crippen LogP contribution is -2.41. The van der Waals surface area contributed by atoms with Gasteiger partial charge in [0.05, 0.1) is 0 Å². The quantitative estimate of drug-likeness (QED) is 0.914. The minimum absolute atomic E-state index is 0.321. The molecule has 0 saturated carbocycles. The van der Waals surface area contributed by atoms with Gasteiger partial charge in [-0.1, -0.05) is 29.8 Å². The Bertz CT molecular complexity index is 454. The molecule has 2 heterocycles. The van der Waals surface area contributed by atoms with E-state index in [1.807, 2.05) is 0 Å². The monoisotopic (exact) mass is 272 g/mol. The minimum Gasteiger partial charge on any atom is -0.341 e. The lowest BCUT2D eigenvalue weighted by Gasteiger charge is -2.24. The van der Waals surface area contributed by atoms with Crippen LogP contribution < -0.4 is 5.32 Å². The summed E-state index contributed by atoms with van der Waals surface area (Å²) in [5.41, 5.74) is 2.54. The largest absolute Gasteiger partial charge is 0.341 e. The number of rotatable bonds is 3. The molecule has 1 aromatic carbocycles. The van der Waals surface area contributed by atoms with Crippen molar-refractivity contribution < 1.29 is 4.79 Å². The second kappa shape index (κ2) is 5.96. The Morgan fingerprint density at radius 2 is 2.10 bits per heavy atom. The van der Waals surface area contributed by atoms with Crippen LogP contribution in [0.4, 0.5) is 0 Å². The topological polar surface area (TPSA) is 32.3 Å². The molecule has 108 valence electrons. The first-order chi connectivity index (χ1) is 9.72. The summed E-state index contributed by atoms with van der Waals surface area (Å²) in [5.74, 6) is 1.01. The van der Waals surface area contributed by atoms with Crippen molar-refractivity contribution in [3.05, 3.63) is 35.4 Å². The van der Waals surface area contributed by atoms with Gasteiger partial charge < -0.3 is 10.2 Å². The third-order valence-corrected chi connectivity index (χ3v) is 4.70. The number of nitrogens with one attached hydrogen (secondary N) is 1. The molecule has 0 aliphatic carbocycles. The molecule has 1 aromatic rings. The van der Waals surface area contributed by atoms with Crippen molar-refractivity contribution in [1.29, 1.82) is 0 Å². The summed E-state index contributed by atoms with van der Waals surface area (Å²) < 4.78 is 0. The molecular formula is C17H24N2O. The molecular weight excluding hydrogens is 248 g/mol. The fraction of sp³-hybridized carbons (Fsp3) is 0.588. The van der Waals surface area contributed by atoms with Crippen LogP contribution in [0.25, 0.3) is 0 Å². The number of likely N-dealkylation sites (tertiary alicyclic amines) is 1. The molecule has 1 N–H and O–H groups in total. The van der Waals surface area contributed by atoms with E-state index < -0.39 is 0 Å². The first-order valence-corrected chi connectivity index (χ1v) is 7.79. The molecule has 3 heteroatoms. The lowest BCUT2D eigenvalue weighted by molar-refractivity contribution is -0.130. The molecule has 2 aliphatic rings. The number of amides is 1. The van der Waals surface area contributed by atoms with Crippen LogP contribution in [0.1, 0.15) is 30.4 Å². The highest BCUT2D eigenvalue weighted by molar-refractivity contribution is 5.76. The molecule has 0 bridgehead atoms. The van der Waals surface area contributed by atoms with Crippen LogP contribution in [0, 0.1) is 12.8 Å². The summed E-state index contributed by atoms with van der Waals surface area (Å²) in [7, 11) is 0. The maximum Gasteiger partial charge on any atom is 0.222 e. The first-order valence-electron chi connectivity index (χ1n) is 7.79. The van der Waals surface area contributed by atoms with Crippen molar-refractivity contribution in [3.63, 3.8) is 0 Å². The number of carbonyl (C=O) groups is 1. The Kier molecular flexibility index (Phi) is 4.06. The number of nitrogens with zero attached hydrogens (tertiary/aromatic N) is 1. The summed E-state index contributed by atoms with van der Waals surface area (Å²) in [5, 5.41) is 3.55. The predicted molar refractivity (Wildman–Crippen MR) is 80.6 cm³/mol. The van der Waals surface area contributed by atoms with Gasteiger partial charge in [-0.05, 0) is 44.2 Å². The smallest absolute Gasteiger partial charge is 0.222 e. The first kappa shape index (κ1) is 13.6. The Morgan fingerprint density at radius 3 is 2.85 bits per heavy atom. The average Bonchev–Trinajstić information content (AvgIpc) is 2.90. The van der Waals surface area contributed by atoms with Gasteiger partial charge in [-0.3, -0.25) is 4.79 Å². The van der Waals surface area contributed by atoms with Crippen LogP contribution in [0.15, 0.2) is 24.3 Å². The normalized spacial score (nSPS) is 25.6. The van der Waals surface area contributed by atoms with E-state index in [0.717, 1.165) is 26.1 Å². The zero-order chi connectivity index (χ0) is 13.9. The van der Waals surface area contributed by atoms with Crippen molar-refractivity contribution >= 4 is 5.91 Å². The van der Waals surface area contributed by atoms with E-state index in [-0.39, 0.29) is 0 Å². The summed E-state index contributed by atoms with van der Waals surface area (Å²) in [4.78, 5) is 14.4. The summed E-state index contributed by atoms with van der Waals surface area (Å²) in [6, 6.07) is 9.05. The van der Waals surface area contributed by atoms with Crippen LogP contribution in [0.3, 0.4) is 0 Å². The van der Waals surface area contributed by atoms with Gasteiger partial charge in [-0.15, -0.1) is 0 Å². The SMILES string of the molecule is Cc1ccc(CCC(=O)N2C[C@@H]3CCCN[C@@H]3C2)cc1. The molecule has 2 aliphatic heterocycles. The third-order valence-electron chi connectivity index (χ3n) is 4.70. The van der Waals surface area contributed by atoms with E-state index in [4.69, 9.17) is 0 Å². The lowest BCUT2D eigenvalue weighted by atomic mass is 9.94. The number of piperidine rings is 1. The Balaban J connectivity index is 1.51. The highest BCUT2D eigenvalue weighted by Gasteiger charge is 2.35. The van der Waals surface area contributed by atoms with Gasteiger partial charge in [0.1, 0.15) is 0 Å². The van der Waals surface area contributed by atoms with Crippen LogP contribution in [-0.2, 0) is 11.2 Å². The third kappa shape index (κ3) is 3.04. The van der Waals surface area contributed by atoms with Crippen molar-refractivity contribution in [3.8, 4) is 0 Å². The van der Waals surface area contributed by atoms with Gasteiger partial charge in [0.2, 0.25) is 5.91 Å². The zero-order valence-electron chi connectivity index (χ0n) is 12.3. The predicted octanol–water partition coefficient (Wildman–Crippen LogP) is 2.14. The van der Waals surface area contributed by atoms with Gasteiger partial charge >= 0.3 is 0 Å². The van der Waals surface area contributed by atoms with Gasteiger partial charge in [-0.2, -0.15) is 0 Å². The number of benzene rings is 1. The van der Waals surface area contributed by atoms with E-state index in [1.165, 1.54) is 24.0 Å². The Labute approximate surface area is 121 Å². The second-order valence-electron chi connectivity index (χ2n) is 6.25. The molecule has 2 atom stereocenters. The molecule has 0 unspecified atom stereocenters. The second-order valence-corrected chi connectivity index (χ2v) is 6.25. The summed E-state index contributed by atoms with van der Waals surface area (Å²) >= 11 is 0. The highest BCUT2D eigenvalue weighted by atomic mass is 16.2. The summed E-state index contributed by atoms with van der Waals surface area (Å²) in [6.45, 7) is 5.09. The molecule has 0 spiro atoms. The maximum atomic E-state index is 12.3. The molecule has 3 rings (SSSR count). The van der Waals surface area contributed by atoms with E-state index >= 15 is 0 Å². The van der Waals surface area contributed by atoms with E-state index in [0.29, 0.717) is 24.3 Å². The van der Waals surface area contributed by atoms with E-state index in [9.17, 15) is 4.79 Å². The fourth-order valence-electron chi connectivity index (χ4n) is 3.41. The van der Waals surface area contributed by atoms with Crippen molar-refractivity contribution in [2.24, 2.45) is 5.92 Å². The minimum atomic E-state index is 0.321. The molecule has 1 amide bonds. The average molecular weight is 272 g/mol. The number of carbonyl (C=O) groups excluding carboxylic acids is 1. The highest BCUT2D eigenvalue weighted by Crippen LogP contribution is 2.25. The number of aryl methyl sites for hydroxylation is 2. The fourth-order valence-corrected chi connectivity index (χ4v) is 3.41. The standard InChI is InChI=1S/C17H24N2O/c1-13-4-6-14(7-5-13)8-9-17(20)19-11-15-3-2-10-18-16(15)12-19/h4-7,15-16,18H,2-3,8-12H2,1H3/t15-,16+/m0/s1. The van der Waals surface area contributed by atoms with Gasteiger partial charge in [-0.25, -0.2) is 0 Å². The van der Waals surface area contributed by atoms with E-state index in [2.05, 4.69) is 41.4 Å². The van der Waals surface area contributed by atoms with Gasteiger partial charge in [0.15, 0.2) is 0 Å². The van der Waals surface area contributed by atoms with Crippen LogP contribution in [0.2, 0.25) is 0 Å². The van der Waals surface area contributed by atoms with Crippen LogP contribution in [0.5, 0.6) is 0 Å². The molecule has 0 aromatic heterocycles. The van der Waals surface area contributed by atoms with Crippen molar-refractivity contribution in [2.75, 3.05) is 19.6 Å². The zero-order valence-corrected chi connectivity index (χ0v) is 12.3. The number of fused-ring (bicyclic) bond motifs is 1. The van der Waals surface area contributed by atoms with Crippen LogP contribution in [-0.4, -0.2) is 36.5 Å².